The van der Waals surface area contributed by atoms with Crippen molar-refractivity contribution in [3.05, 3.63) is 23.8 Å². The summed E-state index contributed by atoms with van der Waals surface area (Å²) in [6, 6.07) is 4.09. The van der Waals surface area contributed by atoms with Gasteiger partial charge in [-0.25, -0.2) is 8.42 Å². The van der Waals surface area contributed by atoms with Gasteiger partial charge in [0.1, 0.15) is 6.04 Å². The summed E-state index contributed by atoms with van der Waals surface area (Å²) in [6.07, 6.45) is 2.08. The van der Waals surface area contributed by atoms with Crippen LogP contribution in [-0.2, 0) is 26.0 Å². The van der Waals surface area contributed by atoms with Crippen LogP contribution < -0.4 is 5.32 Å². The maximum absolute atomic E-state index is 13.0. The number of sulfonamides is 1. The van der Waals surface area contributed by atoms with Gasteiger partial charge in [-0.15, -0.1) is 0 Å². The molecule has 2 aliphatic heterocycles. The lowest BCUT2D eigenvalue weighted by molar-refractivity contribution is -0.132. The average Bonchev–Trinajstić information content (AvgIpc) is 3.03. The number of carbonyl (C=O) groups excluding carboxylic acids is 2. The van der Waals surface area contributed by atoms with Crippen LogP contribution in [0.4, 0.5) is 5.69 Å². The molecule has 1 atom stereocenters. The molecule has 1 saturated heterocycles. The first-order chi connectivity index (χ1) is 11.3. The van der Waals surface area contributed by atoms with Crippen LogP contribution in [0.3, 0.4) is 0 Å². The van der Waals surface area contributed by atoms with E-state index in [2.05, 4.69) is 5.32 Å². The maximum atomic E-state index is 13.0. The molecule has 1 fully saturated rings. The predicted molar refractivity (Wildman–Crippen MR) is 89.0 cm³/mol. The molecule has 7 nitrogen and oxygen atoms in total. The first kappa shape index (κ1) is 16.9. The monoisotopic (exact) mass is 351 g/mol. The number of rotatable bonds is 3. The SMILES string of the molecule is CN(C)C(=O)[C@@H]1CCCN1S(=O)(=O)c1ccc2c(c1)CCC(=O)N2. The molecule has 0 bridgehead atoms. The molecule has 0 aliphatic carbocycles. The molecule has 0 radical (unpaired) electrons. The summed E-state index contributed by atoms with van der Waals surface area (Å²) < 4.78 is 27.3. The highest BCUT2D eigenvalue weighted by Gasteiger charge is 2.40. The van der Waals surface area contributed by atoms with Crippen LogP contribution in [0, 0.1) is 0 Å². The third kappa shape index (κ3) is 2.91. The van der Waals surface area contributed by atoms with Crippen LogP contribution >= 0.6 is 0 Å². The van der Waals surface area contributed by atoms with Gasteiger partial charge < -0.3 is 10.2 Å². The Labute approximate surface area is 141 Å². The molecular formula is C16H21N3O4S. The topological polar surface area (TPSA) is 86.8 Å². The second-order valence-electron chi connectivity index (χ2n) is 6.37. The van der Waals surface area contributed by atoms with Gasteiger partial charge in [0, 0.05) is 32.7 Å². The highest BCUT2D eigenvalue weighted by molar-refractivity contribution is 7.89. The molecular weight excluding hydrogens is 330 g/mol. The molecule has 3 rings (SSSR count). The standard InChI is InChI=1S/C16H21N3O4S/c1-18(2)16(21)14-4-3-9-19(14)24(22,23)12-6-7-13-11(10-12)5-8-15(20)17-13/h6-7,10,14H,3-5,8-9H2,1-2H3,(H,17,20)/t14-/m0/s1. The van der Waals surface area contributed by atoms with Crippen molar-refractivity contribution in [1.29, 1.82) is 0 Å². The fourth-order valence-electron chi connectivity index (χ4n) is 3.23. The van der Waals surface area contributed by atoms with E-state index in [0.29, 0.717) is 37.9 Å². The minimum atomic E-state index is -3.74. The number of likely N-dealkylation sites (N-methyl/N-ethyl adjacent to an activating group) is 1. The zero-order valence-corrected chi connectivity index (χ0v) is 14.6. The van der Waals surface area contributed by atoms with Gasteiger partial charge in [-0.3, -0.25) is 9.59 Å². The van der Waals surface area contributed by atoms with E-state index in [0.717, 1.165) is 5.56 Å². The van der Waals surface area contributed by atoms with Gasteiger partial charge in [0.05, 0.1) is 4.90 Å². The van der Waals surface area contributed by atoms with Crippen molar-refractivity contribution in [2.45, 2.75) is 36.6 Å². The normalized spacial score (nSPS) is 21.2. The third-order valence-electron chi connectivity index (χ3n) is 4.51. The smallest absolute Gasteiger partial charge is 0.243 e. The van der Waals surface area contributed by atoms with E-state index in [9.17, 15) is 18.0 Å². The Morgan fingerprint density at radius 2 is 2.04 bits per heavy atom. The lowest BCUT2D eigenvalue weighted by atomic mass is 10.0. The van der Waals surface area contributed by atoms with Crippen molar-refractivity contribution in [2.75, 3.05) is 26.0 Å². The minimum absolute atomic E-state index is 0.0608. The predicted octanol–water partition coefficient (Wildman–Crippen LogP) is 0.813. The fraction of sp³-hybridized carbons (Fsp3) is 0.500. The van der Waals surface area contributed by atoms with E-state index in [-0.39, 0.29) is 16.7 Å². The Kier molecular flexibility index (Phi) is 4.35. The van der Waals surface area contributed by atoms with E-state index >= 15 is 0 Å². The van der Waals surface area contributed by atoms with Crippen molar-refractivity contribution in [2.24, 2.45) is 0 Å². The van der Waals surface area contributed by atoms with Gasteiger partial charge in [-0.1, -0.05) is 0 Å². The van der Waals surface area contributed by atoms with E-state index in [4.69, 9.17) is 0 Å². The molecule has 1 aromatic carbocycles. The first-order valence-corrected chi connectivity index (χ1v) is 9.40. The molecule has 2 heterocycles. The molecule has 1 aromatic rings. The molecule has 2 aliphatic rings. The fourth-order valence-corrected chi connectivity index (χ4v) is 4.93. The summed E-state index contributed by atoms with van der Waals surface area (Å²) in [5.74, 6) is -0.254. The number of nitrogens with zero attached hydrogens (tertiary/aromatic N) is 2. The van der Waals surface area contributed by atoms with Crippen LogP contribution in [0.5, 0.6) is 0 Å². The number of hydrogen-bond acceptors (Lipinski definition) is 4. The Balaban J connectivity index is 1.93. The lowest BCUT2D eigenvalue weighted by Gasteiger charge is -2.26. The molecule has 24 heavy (non-hydrogen) atoms. The summed E-state index contributed by atoms with van der Waals surface area (Å²) in [7, 11) is -0.476. The molecule has 8 heteroatoms. The average molecular weight is 351 g/mol. The van der Waals surface area contributed by atoms with Gasteiger partial charge in [-0.2, -0.15) is 4.31 Å². The third-order valence-corrected chi connectivity index (χ3v) is 6.41. The molecule has 0 unspecified atom stereocenters. The second kappa shape index (κ2) is 6.18. The number of carbonyl (C=O) groups is 2. The molecule has 0 spiro atoms. The number of aryl methyl sites for hydroxylation is 1. The zero-order valence-electron chi connectivity index (χ0n) is 13.8. The number of benzene rings is 1. The van der Waals surface area contributed by atoms with Gasteiger partial charge in [0.25, 0.3) is 0 Å². The summed E-state index contributed by atoms with van der Waals surface area (Å²) in [5.41, 5.74) is 1.47. The van der Waals surface area contributed by atoms with E-state index in [1.54, 1.807) is 26.2 Å². The van der Waals surface area contributed by atoms with Gasteiger partial charge in [0.15, 0.2) is 0 Å². The first-order valence-electron chi connectivity index (χ1n) is 7.96. The zero-order chi connectivity index (χ0) is 17.5. The summed E-state index contributed by atoms with van der Waals surface area (Å²) in [5, 5.41) is 2.74. The molecule has 0 saturated carbocycles. The number of anilines is 1. The Morgan fingerprint density at radius 1 is 1.29 bits per heavy atom. The number of fused-ring (bicyclic) bond motifs is 1. The van der Waals surface area contributed by atoms with Gasteiger partial charge in [0.2, 0.25) is 21.8 Å². The second-order valence-corrected chi connectivity index (χ2v) is 8.26. The van der Waals surface area contributed by atoms with Crippen molar-refractivity contribution in [1.82, 2.24) is 9.21 Å². The van der Waals surface area contributed by atoms with Crippen LogP contribution in [0.25, 0.3) is 0 Å². The van der Waals surface area contributed by atoms with Crippen LogP contribution in [0.15, 0.2) is 23.1 Å². The van der Waals surface area contributed by atoms with Gasteiger partial charge >= 0.3 is 0 Å². The molecule has 1 N–H and O–H groups in total. The minimum Gasteiger partial charge on any atom is -0.347 e. The maximum Gasteiger partial charge on any atom is 0.243 e. The highest BCUT2D eigenvalue weighted by Crippen LogP contribution is 2.30. The quantitative estimate of drug-likeness (QED) is 0.873. The molecule has 2 amide bonds. The summed E-state index contributed by atoms with van der Waals surface area (Å²) >= 11 is 0. The largest absolute Gasteiger partial charge is 0.347 e. The van der Waals surface area contributed by atoms with Crippen LogP contribution in [0.1, 0.15) is 24.8 Å². The Hall–Kier alpha value is -1.93. The highest BCUT2D eigenvalue weighted by atomic mass is 32.2. The van der Waals surface area contributed by atoms with Crippen molar-refractivity contribution in [3.63, 3.8) is 0 Å². The lowest BCUT2D eigenvalue weighted by Crippen LogP contribution is -2.45. The van der Waals surface area contributed by atoms with Gasteiger partial charge in [-0.05, 0) is 43.0 Å². The van der Waals surface area contributed by atoms with Crippen LogP contribution in [0.2, 0.25) is 0 Å². The molecule has 130 valence electrons. The van der Waals surface area contributed by atoms with E-state index < -0.39 is 16.1 Å². The van der Waals surface area contributed by atoms with Crippen molar-refractivity contribution < 1.29 is 18.0 Å². The van der Waals surface area contributed by atoms with E-state index in [1.165, 1.54) is 15.3 Å². The van der Waals surface area contributed by atoms with Crippen LogP contribution in [-0.4, -0.2) is 56.1 Å². The number of nitrogens with one attached hydrogen (secondary N) is 1. The van der Waals surface area contributed by atoms with E-state index in [1.807, 2.05) is 0 Å². The number of amides is 2. The summed E-state index contributed by atoms with van der Waals surface area (Å²) in [6.45, 7) is 0.348. The van der Waals surface area contributed by atoms with Crippen molar-refractivity contribution >= 4 is 27.5 Å². The molecule has 0 aromatic heterocycles. The Bertz CT molecular complexity index is 789. The Morgan fingerprint density at radius 3 is 2.75 bits per heavy atom. The number of hydrogen-bond donors (Lipinski definition) is 1. The van der Waals surface area contributed by atoms with Crippen molar-refractivity contribution in [3.8, 4) is 0 Å². The summed E-state index contributed by atoms with van der Waals surface area (Å²) in [4.78, 5) is 25.3.